The quantitative estimate of drug-likeness (QED) is 0.644. The summed E-state index contributed by atoms with van der Waals surface area (Å²) in [6, 6.07) is 4.75. The van der Waals surface area contributed by atoms with Crippen LogP contribution in [0.4, 0.5) is 0 Å². The molecule has 90 valence electrons. The van der Waals surface area contributed by atoms with Gasteiger partial charge in [0.1, 0.15) is 0 Å². The van der Waals surface area contributed by atoms with Gasteiger partial charge in [-0.3, -0.25) is 0 Å². The van der Waals surface area contributed by atoms with Gasteiger partial charge in [0.2, 0.25) is 0 Å². The molecular formula is C17H22. The number of rotatable bonds is 3. The minimum atomic E-state index is 0.485. The molecule has 0 saturated heterocycles. The molecule has 17 heavy (non-hydrogen) atoms. The molecule has 0 heterocycles. The summed E-state index contributed by atoms with van der Waals surface area (Å²) in [6.45, 7) is 10.6. The molecule has 1 aliphatic carbocycles. The van der Waals surface area contributed by atoms with E-state index in [1.165, 1.54) is 41.5 Å². The van der Waals surface area contributed by atoms with Crippen LogP contribution in [0.1, 0.15) is 55.4 Å². The van der Waals surface area contributed by atoms with E-state index >= 15 is 0 Å². The van der Waals surface area contributed by atoms with E-state index in [2.05, 4.69) is 45.6 Å². The number of hydrogen-bond donors (Lipinski definition) is 0. The van der Waals surface area contributed by atoms with Crippen molar-refractivity contribution in [3.05, 3.63) is 52.6 Å². The highest BCUT2D eigenvalue weighted by atomic mass is 14.2. The Morgan fingerprint density at radius 2 is 1.88 bits per heavy atom. The Labute approximate surface area is 105 Å². The number of fused-ring (bicyclic) bond motifs is 1. The minimum Gasteiger partial charge on any atom is -0.0985 e. The van der Waals surface area contributed by atoms with Crippen LogP contribution >= 0.6 is 0 Å². The smallest absolute Gasteiger partial charge is 0.000194 e. The van der Waals surface area contributed by atoms with Crippen LogP contribution in [0.25, 0.3) is 6.08 Å². The number of aryl methyl sites for hydroxylation is 2. The van der Waals surface area contributed by atoms with Crippen LogP contribution in [-0.4, -0.2) is 0 Å². The minimum absolute atomic E-state index is 0.485. The van der Waals surface area contributed by atoms with Gasteiger partial charge in [0.25, 0.3) is 0 Å². The van der Waals surface area contributed by atoms with Crippen molar-refractivity contribution in [2.45, 2.75) is 46.0 Å². The molecule has 0 amide bonds. The molecular weight excluding hydrogens is 204 g/mol. The molecule has 0 spiro atoms. The zero-order chi connectivity index (χ0) is 12.4. The summed E-state index contributed by atoms with van der Waals surface area (Å²) in [4.78, 5) is 0. The lowest BCUT2D eigenvalue weighted by Crippen LogP contribution is -1.97. The predicted molar refractivity (Wildman–Crippen MR) is 76.4 cm³/mol. The van der Waals surface area contributed by atoms with Crippen molar-refractivity contribution in [3.8, 4) is 0 Å². The first-order valence-corrected chi connectivity index (χ1v) is 6.55. The first-order chi connectivity index (χ1) is 8.11. The van der Waals surface area contributed by atoms with Gasteiger partial charge in [0, 0.05) is 0 Å². The Morgan fingerprint density at radius 3 is 2.47 bits per heavy atom. The van der Waals surface area contributed by atoms with Gasteiger partial charge in [0.05, 0.1) is 0 Å². The average Bonchev–Trinajstić information content (AvgIpc) is 2.73. The van der Waals surface area contributed by atoms with Crippen molar-refractivity contribution in [2.75, 3.05) is 0 Å². The molecule has 0 fully saturated rings. The maximum Gasteiger partial charge on any atom is -0.000194 e. The first-order valence-electron chi connectivity index (χ1n) is 6.55. The highest BCUT2D eigenvalue weighted by molar-refractivity contribution is 5.57. The second-order valence-corrected chi connectivity index (χ2v) is 5.34. The molecule has 0 radical (unpaired) electrons. The summed E-state index contributed by atoms with van der Waals surface area (Å²) >= 11 is 0. The van der Waals surface area contributed by atoms with Crippen LogP contribution in [0.5, 0.6) is 0 Å². The Balaban J connectivity index is 2.45. The maximum atomic E-state index is 3.96. The van der Waals surface area contributed by atoms with E-state index < -0.39 is 0 Å². The number of allylic oxidation sites excluding steroid dienone is 2. The molecule has 0 saturated carbocycles. The van der Waals surface area contributed by atoms with Gasteiger partial charge in [-0.1, -0.05) is 43.4 Å². The van der Waals surface area contributed by atoms with Crippen molar-refractivity contribution in [1.29, 1.82) is 0 Å². The van der Waals surface area contributed by atoms with Crippen molar-refractivity contribution < 1.29 is 0 Å². The molecule has 1 aliphatic rings. The van der Waals surface area contributed by atoms with E-state index in [-0.39, 0.29) is 0 Å². The van der Waals surface area contributed by atoms with E-state index in [0.717, 1.165) is 0 Å². The first kappa shape index (κ1) is 12.2. The van der Waals surface area contributed by atoms with Crippen molar-refractivity contribution >= 4 is 6.08 Å². The lowest BCUT2D eigenvalue weighted by atomic mass is 9.90. The largest absolute Gasteiger partial charge is 0.0985 e. The molecule has 1 aromatic rings. The summed E-state index contributed by atoms with van der Waals surface area (Å²) in [6.07, 6.45) is 8.15. The van der Waals surface area contributed by atoms with Gasteiger partial charge in [-0.25, -0.2) is 0 Å². The number of hydrogen-bond acceptors (Lipinski definition) is 0. The van der Waals surface area contributed by atoms with Crippen LogP contribution in [0.3, 0.4) is 0 Å². The molecule has 0 heteroatoms. The Morgan fingerprint density at radius 1 is 1.24 bits per heavy atom. The van der Waals surface area contributed by atoms with Gasteiger partial charge in [-0.05, 0) is 61.3 Å². The summed E-state index contributed by atoms with van der Waals surface area (Å²) in [7, 11) is 0. The highest BCUT2D eigenvalue weighted by Gasteiger charge is 2.15. The molecule has 0 aromatic heterocycles. The lowest BCUT2D eigenvalue weighted by Gasteiger charge is -2.14. The van der Waals surface area contributed by atoms with Gasteiger partial charge in [0.15, 0.2) is 0 Å². The summed E-state index contributed by atoms with van der Waals surface area (Å²) in [5, 5.41) is 0. The van der Waals surface area contributed by atoms with E-state index in [1.54, 1.807) is 5.56 Å². The fourth-order valence-corrected chi connectivity index (χ4v) is 2.82. The van der Waals surface area contributed by atoms with E-state index in [4.69, 9.17) is 0 Å². The maximum absolute atomic E-state index is 3.96. The summed E-state index contributed by atoms with van der Waals surface area (Å²) in [5.74, 6) is 0.485. The molecule has 0 nitrogen and oxygen atoms in total. The second-order valence-electron chi connectivity index (χ2n) is 5.34. The van der Waals surface area contributed by atoms with Crippen LogP contribution < -0.4 is 0 Å². The second kappa shape index (κ2) is 4.91. The Bertz CT molecular complexity index is 459. The van der Waals surface area contributed by atoms with E-state index in [1.807, 2.05) is 6.08 Å². The molecule has 0 bridgehead atoms. The zero-order valence-corrected chi connectivity index (χ0v) is 11.2. The molecule has 0 N–H and O–H groups in total. The van der Waals surface area contributed by atoms with Crippen molar-refractivity contribution in [2.24, 2.45) is 0 Å². The molecule has 1 atom stereocenters. The van der Waals surface area contributed by atoms with Crippen LogP contribution in [0.2, 0.25) is 0 Å². The third kappa shape index (κ3) is 2.52. The van der Waals surface area contributed by atoms with Crippen molar-refractivity contribution in [1.82, 2.24) is 0 Å². The van der Waals surface area contributed by atoms with Gasteiger partial charge >= 0.3 is 0 Å². The lowest BCUT2D eigenvalue weighted by molar-refractivity contribution is 0.909. The topological polar surface area (TPSA) is 0 Å². The molecule has 0 aliphatic heterocycles. The van der Waals surface area contributed by atoms with Crippen LogP contribution in [0.15, 0.2) is 30.4 Å². The summed E-state index contributed by atoms with van der Waals surface area (Å²) < 4.78 is 0. The van der Waals surface area contributed by atoms with Crippen molar-refractivity contribution in [3.63, 3.8) is 0 Å². The monoisotopic (exact) mass is 226 g/mol. The number of benzene rings is 1. The Hall–Kier alpha value is -1.30. The van der Waals surface area contributed by atoms with Crippen LogP contribution in [0, 0.1) is 0 Å². The normalized spacial score (nSPS) is 15.2. The van der Waals surface area contributed by atoms with Gasteiger partial charge < -0.3 is 0 Å². The SMILES string of the molecule is C=Cc1cc2c(cc1C(C)C=C(C)C)CCC2. The predicted octanol–water partition coefficient (Wildman–Crippen LogP) is 4.89. The average molecular weight is 226 g/mol. The van der Waals surface area contributed by atoms with E-state index in [0.29, 0.717) is 5.92 Å². The standard InChI is InChI=1S/C17H22/c1-5-14-10-15-7-6-8-16(15)11-17(14)13(4)9-12(2)3/h5,9-11,13H,1,6-8H2,2-4H3. The highest BCUT2D eigenvalue weighted by Crippen LogP contribution is 2.31. The fourth-order valence-electron chi connectivity index (χ4n) is 2.82. The molecule has 1 unspecified atom stereocenters. The third-order valence-corrected chi connectivity index (χ3v) is 3.59. The van der Waals surface area contributed by atoms with Gasteiger partial charge in [-0.15, -0.1) is 0 Å². The zero-order valence-electron chi connectivity index (χ0n) is 11.2. The van der Waals surface area contributed by atoms with E-state index in [9.17, 15) is 0 Å². The Kier molecular flexibility index (Phi) is 3.51. The summed E-state index contributed by atoms with van der Waals surface area (Å²) in [5.41, 5.74) is 7.22. The molecule has 2 rings (SSSR count). The van der Waals surface area contributed by atoms with Gasteiger partial charge in [-0.2, -0.15) is 0 Å². The molecule has 1 aromatic carbocycles. The van der Waals surface area contributed by atoms with Crippen LogP contribution in [-0.2, 0) is 12.8 Å². The fraction of sp³-hybridized carbons (Fsp3) is 0.412. The third-order valence-electron chi connectivity index (χ3n) is 3.59.